The zero-order chi connectivity index (χ0) is 14.0. The van der Waals surface area contributed by atoms with Gasteiger partial charge in [0.2, 0.25) is 5.91 Å². The van der Waals surface area contributed by atoms with Crippen molar-refractivity contribution in [3.05, 3.63) is 29.8 Å². The van der Waals surface area contributed by atoms with E-state index in [-0.39, 0.29) is 18.4 Å². The Labute approximate surface area is 112 Å². The average Bonchev–Trinajstić information content (AvgIpc) is 2.47. The maximum Gasteiger partial charge on any atom is 0.305 e. The molecule has 0 saturated carbocycles. The van der Waals surface area contributed by atoms with Gasteiger partial charge in [-0.1, -0.05) is 18.2 Å². The molecule has 0 fully saturated rings. The minimum absolute atomic E-state index is 0.0387. The predicted molar refractivity (Wildman–Crippen MR) is 71.8 cm³/mol. The number of hydrogen-bond acceptors (Lipinski definition) is 3. The highest BCUT2D eigenvalue weighted by Gasteiger charge is 2.31. The SMILES string of the molecule is CC(C)N1Cc2ccccc2NC(CC(=O)O)C1=O. The molecule has 1 heterocycles. The first-order valence-corrected chi connectivity index (χ1v) is 6.35. The van der Waals surface area contributed by atoms with Crippen LogP contribution in [-0.4, -0.2) is 34.0 Å². The molecule has 1 amide bonds. The van der Waals surface area contributed by atoms with Gasteiger partial charge < -0.3 is 15.3 Å². The molecule has 0 aliphatic carbocycles. The van der Waals surface area contributed by atoms with Crippen molar-refractivity contribution in [3.8, 4) is 0 Å². The molecule has 2 N–H and O–H groups in total. The summed E-state index contributed by atoms with van der Waals surface area (Å²) >= 11 is 0. The van der Waals surface area contributed by atoms with Crippen LogP contribution in [0, 0.1) is 0 Å². The minimum atomic E-state index is -0.978. The molecule has 5 nitrogen and oxygen atoms in total. The lowest BCUT2D eigenvalue weighted by Crippen LogP contribution is -2.44. The van der Waals surface area contributed by atoms with Crippen molar-refractivity contribution in [1.29, 1.82) is 0 Å². The number of aliphatic carboxylic acids is 1. The third-order valence-electron chi connectivity index (χ3n) is 3.27. The monoisotopic (exact) mass is 262 g/mol. The van der Waals surface area contributed by atoms with Crippen molar-refractivity contribution in [3.63, 3.8) is 0 Å². The van der Waals surface area contributed by atoms with Crippen LogP contribution in [-0.2, 0) is 16.1 Å². The van der Waals surface area contributed by atoms with Gasteiger partial charge in [-0.15, -0.1) is 0 Å². The Morgan fingerprint density at radius 1 is 1.47 bits per heavy atom. The smallest absolute Gasteiger partial charge is 0.305 e. The molecule has 0 saturated heterocycles. The van der Waals surface area contributed by atoms with Crippen LogP contribution in [0.4, 0.5) is 5.69 Å². The maximum atomic E-state index is 12.4. The molecule has 102 valence electrons. The molecular formula is C14H18N2O3. The van der Waals surface area contributed by atoms with E-state index in [4.69, 9.17) is 5.11 Å². The highest BCUT2D eigenvalue weighted by Crippen LogP contribution is 2.24. The summed E-state index contributed by atoms with van der Waals surface area (Å²) in [5.74, 6) is -1.14. The van der Waals surface area contributed by atoms with Crippen molar-refractivity contribution in [2.24, 2.45) is 0 Å². The normalized spacial score (nSPS) is 18.8. The van der Waals surface area contributed by atoms with E-state index in [1.165, 1.54) is 0 Å². The zero-order valence-corrected chi connectivity index (χ0v) is 11.1. The van der Waals surface area contributed by atoms with Crippen molar-refractivity contribution in [2.75, 3.05) is 5.32 Å². The number of nitrogens with one attached hydrogen (secondary N) is 1. The number of para-hydroxylation sites is 1. The molecule has 19 heavy (non-hydrogen) atoms. The Bertz CT molecular complexity index is 499. The van der Waals surface area contributed by atoms with Gasteiger partial charge in [0.15, 0.2) is 0 Å². The molecule has 0 spiro atoms. The second kappa shape index (κ2) is 5.30. The van der Waals surface area contributed by atoms with E-state index < -0.39 is 12.0 Å². The number of carbonyl (C=O) groups excluding carboxylic acids is 1. The molecule has 1 aromatic rings. The van der Waals surface area contributed by atoms with Crippen LogP contribution in [0.3, 0.4) is 0 Å². The van der Waals surface area contributed by atoms with Crippen LogP contribution in [0.5, 0.6) is 0 Å². The van der Waals surface area contributed by atoms with Gasteiger partial charge in [0.05, 0.1) is 6.42 Å². The fraction of sp³-hybridized carbons (Fsp3) is 0.429. The van der Waals surface area contributed by atoms with Crippen LogP contribution >= 0.6 is 0 Å². The zero-order valence-electron chi connectivity index (χ0n) is 11.1. The Morgan fingerprint density at radius 2 is 2.16 bits per heavy atom. The Balaban J connectivity index is 2.37. The van der Waals surface area contributed by atoms with Gasteiger partial charge in [-0.3, -0.25) is 9.59 Å². The van der Waals surface area contributed by atoms with Gasteiger partial charge in [0.1, 0.15) is 6.04 Å². The third-order valence-corrected chi connectivity index (χ3v) is 3.27. The summed E-state index contributed by atoms with van der Waals surface area (Å²) in [5, 5.41) is 12.0. The van der Waals surface area contributed by atoms with E-state index >= 15 is 0 Å². The van der Waals surface area contributed by atoms with Gasteiger partial charge in [-0.05, 0) is 25.5 Å². The first kappa shape index (κ1) is 13.4. The molecule has 2 rings (SSSR count). The second-order valence-corrected chi connectivity index (χ2v) is 5.01. The summed E-state index contributed by atoms with van der Waals surface area (Å²) < 4.78 is 0. The van der Waals surface area contributed by atoms with Crippen LogP contribution < -0.4 is 5.32 Å². The molecule has 0 radical (unpaired) electrons. The molecule has 1 aliphatic heterocycles. The molecule has 1 aromatic carbocycles. The lowest BCUT2D eigenvalue weighted by molar-refractivity contribution is -0.142. The van der Waals surface area contributed by atoms with E-state index in [0.717, 1.165) is 11.3 Å². The van der Waals surface area contributed by atoms with Crippen LogP contribution in [0.1, 0.15) is 25.8 Å². The van der Waals surface area contributed by atoms with Crippen LogP contribution in [0.25, 0.3) is 0 Å². The van der Waals surface area contributed by atoms with E-state index in [0.29, 0.717) is 6.54 Å². The number of carboxylic acids is 1. The van der Waals surface area contributed by atoms with Crippen LogP contribution in [0.15, 0.2) is 24.3 Å². The third kappa shape index (κ3) is 2.86. The van der Waals surface area contributed by atoms with Gasteiger partial charge in [-0.25, -0.2) is 0 Å². The summed E-state index contributed by atoms with van der Waals surface area (Å²) in [6, 6.07) is 6.95. The number of hydrogen-bond donors (Lipinski definition) is 2. The topological polar surface area (TPSA) is 69.6 Å². The summed E-state index contributed by atoms with van der Waals surface area (Å²) in [5.41, 5.74) is 1.85. The summed E-state index contributed by atoms with van der Waals surface area (Å²) in [7, 11) is 0. The summed E-state index contributed by atoms with van der Waals surface area (Å²) in [4.78, 5) is 25.0. The fourth-order valence-electron chi connectivity index (χ4n) is 2.26. The van der Waals surface area contributed by atoms with Gasteiger partial charge >= 0.3 is 5.97 Å². The molecular weight excluding hydrogens is 244 g/mol. The molecule has 0 aromatic heterocycles. The van der Waals surface area contributed by atoms with Crippen molar-refractivity contribution < 1.29 is 14.7 Å². The number of nitrogens with zero attached hydrogens (tertiary/aromatic N) is 1. The van der Waals surface area contributed by atoms with Crippen molar-refractivity contribution in [2.45, 2.75) is 38.9 Å². The Morgan fingerprint density at radius 3 is 2.79 bits per heavy atom. The van der Waals surface area contributed by atoms with Crippen molar-refractivity contribution in [1.82, 2.24) is 4.90 Å². The number of benzene rings is 1. The first-order chi connectivity index (χ1) is 8.99. The van der Waals surface area contributed by atoms with E-state index in [1.54, 1.807) is 4.90 Å². The quantitative estimate of drug-likeness (QED) is 0.869. The molecule has 5 heteroatoms. The molecule has 1 unspecified atom stereocenters. The molecule has 1 aliphatic rings. The number of fused-ring (bicyclic) bond motifs is 1. The maximum absolute atomic E-state index is 12.4. The lowest BCUT2D eigenvalue weighted by atomic mass is 10.1. The van der Waals surface area contributed by atoms with Gasteiger partial charge in [0.25, 0.3) is 0 Å². The van der Waals surface area contributed by atoms with Gasteiger partial charge in [-0.2, -0.15) is 0 Å². The second-order valence-electron chi connectivity index (χ2n) is 5.01. The van der Waals surface area contributed by atoms with E-state index in [1.807, 2.05) is 38.1 Å². The standard InChI is InChI=1S/C14H18N2O3/c1-9(2)16-8-10-5-3-4-6-11(10)15-12(14(16)19)7-13(17)18/h3-6,9,12,15H,7-8H2,1-2H3,(H,17,18). The number of carboxylic acid groups (broad SMARTS) is 1. The highest BCUT2D eigenvalue weighted by molar-refractivity contribution is 5.90. The first-order valence-electron chi connectivity index (χ1n) is 6.35. The van der Waals surface area contributed by atoms with Gasteiger partial charge in [0, 0.05) is 18.3 Å². The summed E-state index contributed by atoms with van der Waals surface area (Å²) in [6.07, 6.45) is -0.212. The number of carbonyl (C=O) groups is 2. The highest BCUT2D eigenvalue weighted by atomic mass is 16.4. The predicted octanol–water partition coefficient (Wildman–Crippen LogP) is 1.69. The van der Waals surface area contributed by atoms with E-state index in [9.17, 15) is 9.59 Å². The van der Waals surface area contributed by atoms with Crippen LogP contribution in [0.2, 0.25) is 0 Å². The molecule has 1 atom stereocenters. The lowest BCUT2D eigenvalue weighted by Gasteiger charge is -2.27. The number of amides is 1. The summed E-state index contributed by atoms with van der Waals surface area (Å²) in [6.45, 7) is 4.38. The Kier molecular flexibility index (Phi) is 3.74. The fourth-order valence-corrected chi connectivity index (χ4v) is 2.26. The number of rotatable bonds is 3. The Hall–Kier alpha value is -2.04. The number of anilines is 1. The van der Waals surface area contributed by atoms with Crippen molar-refractivity contribution >= 4 is 17.6 Å². The van der Waals surface area contributed by atoms with E-state index in [2.05, 4.69) is 5.32 Å². The largest absolute Gasteiger partial charge is 0.481 e. The average molecular weight is 262 g/mol. The minimum Gasteiger partial charge on any atom is -0.481 e. The molecule has 0 bridgehead atoms.